The lowest BCUT2D eigenvalue weighted by Gasteiger charge is -2.06. The Morgan fingerprint density at radius 3 is 1.06 bits per heavy atom. The molecule has 0 unspecified atom stereocenters. The molecule has 248 valence electrons. The molecule has 3 aromatic rings. The lowest BCUT2D eigenvalue weighted by atomic mass is 9.97. The van der Waals surface area contributed by atoms with E-state index < -0.39 is 0 Å². The van der Waals surface area contributed by atoms with Crippen molar-refractivity contribution in [1.29, 1.82) is 0 Å². The van der Waals surface area contributed by atoms with Gasteiger partial charge in [0, 0.05) is 0 Å². The molecule has 12 bridgehead atoms. The summed E-state index contributed by atoms with van der Waals surface area (Å²) in [6, 6.07) is 0. The van der Waals surface area contributed by atoms with Crippen LogP contribution in [-0.4, -0.2) is 29.9 Å². The topological polar surface area (TPSA) is 88.9 Å². The highest BCUT2D eigenvalue weighted by molar-refractivity contribution is 6.00. The molecule has 4 aliphatic heterocycles. The molecule has 6 nitrogen and oxygen atoms in total. The molecule has 7 rings (SSSR count). The van der Waals surface area contributed by atoms with Gasteiger partial charge in [0.05, 0.1) is 66.9 Å². The van der Waals surface area contributed by atoms with Gasteiger partial charge in [0.25, 0.3) is 0 Å². The fraction of sp³-hybridized carbons (Fsp3) is 0.381. The number of nitrogens with one attached hydrogen (secondary N) is 4. The molecule has 4 N–H and O–H groups in total. The predicted octanol–water partition coefficient (Wildman–Crippen LogP) is 9.42. The van der Waals surface area contributed by atoms with Crippen molar-refractivity contribution in [2.75, 3.05) is 0 Å². The first-order valence-corrected chi connectivity index (χ1v) is 18.4. The highest BCUT2D eigenvalue weighted by Gasteiger charge is 2.26. The van der Waals surface area contributed by atoms with Crippen LogP contribution in [0.4, 0.5) is 0 Å². The van der Waals surface area contributed by atoms with Crippen molar-refractivity contribution < 1.29 is 0 Å². The maximum absolute atomic E-state index is 5.51. The molecule has 0 fully saturated rings. The summed E-state index contributed by atoms with van der Waals surface area (Å²) in [5.41, 5.74) is 21.8. The van der Waals surface area contributed by atoms with Gasteiger partial charge in [-0.05, 0) is 120 Å². The van der Waals surface area contributed by atoms with Crippen LogP contribution in [0.2, 0.25) is 0 Å². The Kier molecular flexibility index (Phi) is 8.53. The number of allylic oxidation sites excluding steroid dienone is 6. The van der Waals surface area contributed by atoms with Crippen molar-refractivity contribution in [2.45, 2.75) is 107 Å². The second-order valence-electron chi connectivity index (χ2n) is 13.0. The Morgan fingerprint density at radius 1 is 0.396 bits per heavy atom. The molecule has 0 atom stereocenters. The summed E-state index contributed by atoms with van der Waals surface area (Å²) < 4.78 is 0. The summed E-state index contributed by atoms with van der Waals surface area (Å²) in [6.07, 6.45) is 20.6. The van der Waals surface area contributed by atoms with Crippen LogP contribution in [0, 0.1) is 0 Å². The van der Waals surface area contributed by atoms with Crippen molar-refractivity contribution in [1.82, 2.24) is 29.9 Å². The molecular weight excluding hydrogens is 589 g/mol. The van der Waals surface area contributed by atoms with Gasteiger partial charge in [0.1, 0.15) is 0 Å². The van der Waals surface area contributed by atoms with E-state index in [4.69, 9.17) is 9.97 Å². The number of hydrogen-bond donors (Lipinski definition) is 4. The highest BCUT2D eigenvalue weighted by atomic mass is 14.9. The fourth-order valence-electron chi connectivity index (χ4n) is 8.53. The molecule has 0 saturated carbocycles. The summed E-state index contributed by atoms with van der Waals surface area (Å²) in [5, 5.41) is 2.11. The molecule has 4 aliphatic rings. The van der Waals surface area contributed by atoms with E-state index in [0.717, 1.165) is 118 Å². The summed E-state index contributed by atoms with van der Waals surface area (Å²) in [6.45, 7) is 18.1. The monoisotopic (exact) mass is 638 g/mol. The van der Waals surface area contributed by atoms with Gasteiger partial charge in [-0.3, -0.25) is 0 Å². The van der Waals surface area contributed by atoms with Crippen LogP contribution in [0.25, 0.3) is 68.7 Å². The average Bonchev–Trinajstić information content (AvgIpc) is 3.89. The van der Waals surface area contributed by atoms with Gasteiger partial charge < -0.3 is 19.9 Å². The number of aromatic nitrogens is 6. The van der Waals surface area contributed by atoms with Crippen molar-refractivity contribution in [3.8, 4) is 0 Å². The van der Waals surface area contributed by atoms with E-state index in [2.05, 4.69) is 112 Å². The number of fused-ring (bicyclic) bond motifs is 18. The van der Waals surface area contributed by atoms with Gasteiger partial charge in [-0.1, -0.05) is 67.5 Å². The number of nitrogens with zero attached hydrogens (tertiary/aromatic N) is 2. The van der Waals surface area contributed by atoms with Gasteiger partial charge in [-0.2, -0.15) is 0 Å². The second-order valence-corrected chi connectivity index (χ2v) is 13.0. The third-order valence-electron chi connectivity index (χ3n) is 10.7. The number of H-pyrrole nitrogens is 4. The zero-order valence-electron chi connectivity index (χ0n) is 30.0. The van der Waals surface area contributed by atoms with E-state index in [1.807, 2.05) is 0 Å². The van der Waals surface area contributed by atoms with E-state index in [1.54, 1.807) is 0 Å². The first-order chi connectivity index (χ1) is 23.5. The number of aryl methyl sites for hydroxylation is 4. The van der Waals surface area contributed by atoms with Crippen LogP contribution >= 0.6 is 0 Å². The summed E-state index contributed by atoms with van der Waals surface area (Å²) in [4.78, 5) is 26.6. The summed E-state index contributed by atoms with van der Waals surface area (Å²) in [7, 11) is 0. The van der Waals surface area contributed by atoms with Crippen LogP contribution < -0.4 is 10.7 Å². The minimum absolute atomic E-state index is 0.923. The smallest absolute Gasteiger partial charge is 0.0911 e. The van der Waals surface area contributed by atoms with Crippen LogP contribution in [0.5, 0.6) is 0 Å². The molecule has 3 aromatic heterocycles. The SMILES string of the molecule is CCC1=C(CC)c2nc1c1[nH]c(c3[nH]c(c4nc(c5[nH]c(c6[nH]c2c(CC)c6CC)C=CC=5)C(CC)=C4CC)c(CC)c3CC)C=CC=1. The fourth-order valence-corrected chi connectivity index (χ4v) is 8.53. The van der Waals surface area contributed by atoms with Gasteiger partial charge in [0.15, 0.2) is 0 Å². The second kappa shape index (κ2) is 12.8. The molecule has 0 spiro atoms. The molecule has 0 amide bonds. The molecule has 0 radical (unpaired) electrons. The van der Waals surface area contributed by atoms with E-state index in [-0.39, 0.29) is 0 Å². The van der Waals surface area contributed by atoms with Gasteiger partial charge >= 0.3 is 0 Å². The quantitative estimate of drug-likeness (QED) is 0.198. The van der Waals surface area contributed by atoms with Gasteiger partial charge in [0.2, 0.25) is 0 Å². The predicted molar refractivity (Wildman–Crippen MR) is 206 cm³/mol. The van der Waals surface area contributed by atoms with E-state index >= 15 is 0 Å². The van der Waals surface area contributed by atoms with Gasteiger partial charge in [-0.15, -0.1) is 0 Å². The maximum Gasteiger partial charge on any atom is 0.0911 e. The largest absolute Gasteiger partial charge is 0.352 e. The van der Waals surface area contributed by atoms with E-state index in [0.29, 0.717) is 0 Å². The van der Waals surface area contributed by atoms with Crippen molar-refractivity contribution in [3.63, 3.8) is 0 Å². The molecule has 6 heteroatoms. The first kappa shape index (κ1) is 32.0. The minimum atomic E-state index is 0.923. The normalized spacial score (nSPS) is 14.5. The lowest BCUT2D eigenvalue weighted by Crippen LogP contribution is -2.14. The molecule has 7 heterocycles. The van der Waals surface area contributed by atoms with Crippen molar-refractivity contribution in [3.05, 3.63) is 79.3 Å². The Hall–Kier alpha value is -4.58. The Morgan fingerprint density at radius 2 is 0.729 bits per heavy atom. The summed E-state index contributed by atoms with van der Waals surface area (Å²) in [5.74, 6) is 0. The van der Waals surface area contributed by atoms with Crippen molar-refractivity contribution in [2.24, 2.45) is 0 Å². The van der Waals surface area contributed by atoms with E-state index in [9.17, 15) is 0 Å². The van der Waals surface area contributed by atoms with Gasteiger partial charge in [-0.25, -0.2) is 9.97 Å². The Labute approximate surface area is 284 Å². The summed E-state index contributed by atoms with van der Waals surface area (Å²) >= 11 is 0. The van der Waals surface area contributed by atoms with Crippen LogP contribution in [0.15, 0.2) is 12.2 Å². The molecule has 0 saturated heterocycles. The maximum atomic E-state index is 5.51. The molecule has 0 aliphatic carbocycles. The lowest BCUT2D eigenvalue weighted by molar-refractivity contribution is 1.06. The molecule has 0 aromatic carbocycles. The van der Waals surface area contributed by atoms with Crippen molar-refractivity contribution >= 4 is 68.7 Å². The molecular formula is C42H50N6. The highest BCUT2D eigenvalue weighted by Crippen LogP contribution is 2.39. The number of rotatable bonds is 8. The zero-order chi connectivity index (χ0) is 33.7. The first-order valence-electron chi connectivity index (χ1n) is 18.4. The Bertz CT molecular complexity index is 2150. The molecule has 48 heavy (non-hydrogen) atoms. The standard InChI is InChI=1S/C42H50N6/c1-9-23-27(13-5)39-40-28(14-6)24(10-2)37(46-40)33-21-18-22-34(44-33)38-26(12-4)30(16-8)42(48-38)41-29(15-7)25(11-3)36(47-41)32-20-17-19-31(43-32)35(23)45-39/h17-22,43-45,48H,9-16H2,1-8H3. The van der Waals surface area contributed by atoms with Crippen LogP contribution in [0.3, 0.4) is 0 Å². The average molecular weight is 639 g/mol. The van der Waals surface area contributed by atoms with Crippen LogP contribution in [-0.2, 0) is 25.7 Å². The zero-order valence-corrected chi connectivity index (χ0v) is 30.0. The van der Waals surface area contributed by atoms with E-state index in [1.165, 1.54) is 44.5 Å². The van der Waals surface area contributed by atoms with Crippen LogP contribution in [0.1, 0.15) is 137 Å². The number of hydrogen-bond acceptors (Lipinski definition) is 2. The third kappa shape index (κ3) is 4.75. The Balaban J connectivity index is 1.78. The number of aromatic amines is 4. The minimum Gasteiger partial charge on any atom is -0.352 e. The third-order valence-corrected chi connectivity index (χ3v) is 10.7.